The van der Waals surface area contributed by atoms with Gasteiger partial charge in [-0.25, -0.2) is 4.98 Å². The highest BCUT2D eigenvalue weighted by Gasteiger charge is 2.24. The van der Waals surface area contributed by atoms with Gasteiger partial charge in [0, 0.05) is 49.2 Å². The summed E-state index contributed by atoms with van der Waals surface area (Å²) < 4.78 is 4.42. The summed E-state index contributed by atoms with van der Waals surface area (Å²) in [7, 11) is 0. The molecule has 0 aliphatic carbocycles. The van der Waals surface area contributed by atoms with Gasteiger partial charge in [-0.05, 0) is 24.1 Å². The standard InChI is InChI=1S/C18H24N4OS/c1-4-14-5-7-15(8-6-14)17(23)21-9-11-22(12-10-21)18-19-16(13(2)3)20-24-18/h5-8,13H,4,9-12H2,1-3H3. The maximum absolute atomic E-state index is 12.6. The summed E-state index contributed by atoms with van der Waals surface area (Å²) in [6, 6.07) is 7.96. The smallest absolute Gasteiger partial charge is 0.253 e. The molecule has 0 N–H and O–H groups in total. The SMILES string of the molecule is CCc1ccc(C(=O)N2CCN(c3nc(C(C)C)ns3)CC2)cc1. The van der Waals surface area contributed by atoms with Crippen molar-refractivity contribution in [3.8, 4) is 0 Å². The van der Waals surface area contributed by atoms with E-state index in [-0.39, 0.29) is 5.91 Å². The fraction of sp³-hybridized carbons (Fsp3) is 0.500. The zero-order valence-electron chi connectivity index (χ0n) is 14.5. The van der Waals surface area contributed by atoms with Crippen LogP contribution in [-0.4, -0.2) is 46.3 Å². The highest BCUT2D eigenvalue weighted by Crippen LogP contribution is 2.23. The van der Waals surface area contributed by atoms with Crippen LogP contribution in [0.4, 0.5) is 5.13 Å². The van der Waals surface area contributed by atoms with Gasteiger partial charge < -0.3 is 9.80 Å². The van der Waals surface area contributed by atoms with Crippen LogP contribution in [-0.2, 0) is 6.42 Å². The summed E-state index contributed by atoms with van der Waals surface area (Å²) in [5.41, 5.74) is 2.03. The summed E-state index contributed by atoms with van der Waals surface area (Å²) in [4.78, 5) is 21.4. The Morgan fingerprint density at radius 1 is 1.17 bits per heavy atom. The molecule has 1 aliphatic rings. The molecule has 0 spiro atoms. The molecule has 3 rings (SSSR count). The van der Waals surface area contributed by atoms with Crippen molar-refractivity contribution in [1.29, 1.82) is 0 Å². The maximum Gasteiger partial charge on any atom is 0.253 e. The van der Waals surface area contributed by atoms with Crippen LogP contribution in [0.25, 0.3) is 0 Å². The molecule has 24 heavy (non-hydrogen) atoms. The maximum atomic E-state index is 12.6. The van der Waals surface area contributed by atoms with Crippen LogP contribution in [0.1, 0.15) is 48.4 Å². The van der Waals surface area contributed by atoms with E-state index < -0.39 is 0 Å². The summed E-state index contributed by atoms with van der Waals surface area (Å²) >= 11 is 1.46. The number of amides is 1. The van der Waals surface area contributed by atoms with Crippen molar-refractivity contribution in [2.45, 2.75) is 33.1 Å². The van der Waals surface area contributed by atoms with Gasteiger partial charge in [-0.15, -0.1) is 0 Å². The predicted molar refractivity (Wildman–Crippen MR) is 97.9 cm³/mol. The van der Waals surface area contributed by atoms with Crippen LogP contribution in [0.5, 0.6) is 0 Å². The number of hydrogen-bond donors (Lipinski definition) is 0. The Kier molecular flexibility index (Phi) is 5.14. The number of rotatable bonds is 4. The molecule has 1 aromatic carbocycles. The number of carbonyl (C=O) groups excluding carboxylic acids is 1. The van der Waals surface area contributed by atoms with E-state index in [0.29, 0.717) is 5.92 Å². The molecule has 2 aromatic rings. The van der Waals surface area contributed by atoms with Gasteiger partial charge in [-0.2, -0.15) is 4.37 Å². The van der Waals surface area contributed by atoms with Crippen LogP contribution in [0, 0.1) is 0 Å². The number of piperazine rings is 1. The van der Waals surface area contributed by atoms with Crippen molar-refractivity contribution in [2.24, 2.45) is 0 Å². The average Bonchev–Trinajstić information content (AvgIpc) is 3.12. The highest BCUT2D eigenvalue weighted by atomic mass is 32.1. The topological polar surface area (TPSA) is 49.3 Å². The molecule has 128 valence electrons. The third-order valence-electron chi connectivity index (χ3n) is 4.39. The first kappa shape index (κ1) is 16.9. The molecule has 1 aromatic heterocycles. The van der Waals surface area contributed by atoms with Crippen LogP contribution in [0.15, 0.2) is 24.3 Å². The van der Waals surface area contributed by atoms with E-state index in [9.17, 15) is 4.79 Å². The number of aryl methyl sites for hydroxylation is 1. The van der Waals surface area contributed by atoms with Crippen LogP contribution in [0.2, 0.25) is 0 Å². The van der Waals surface area contributed by atoms with E-state index in [1.807, 2.05) is 29.2 Å². The minimum absolute atomic E-state index is 0.123. The second kappa shape index (κ2) is 7.30. The van der Waals surface area contributed by atoms with Gasteiger partial charge in [0.15, 0.2) is 0 Å². The molecule has 1 aliphatic heterocycles. The number of anilines is 1. The Hall–Kier alpha value is -1.95. The third-order valence-corrected chi connectivity index (χ3v) is 5.19. The molecule has 0 saturated carbocycles. The Balaban J connectivity index is 1.60. The zero-order chi connectivity index (χ0) is 17.1. The Bertz CT molecular complexity index is 687. The summed E-state index contributed by atoms with van der Waals surface area (Å²) in [5, 5.41) is 0.970. The first-order valence-corrected chi connectivity index (χ1v) is 9.32. The largest absolute Gasteiger partial charge is 0.343 e. The molecule has 1 fully saturated rings. The van der Waals surface area contributed by atoms with Crippen molar-refractivity contribution in [3.05, 3.63) is 41.2 Å². The minimum atomic E-state index is 0.123. The minimum Gasteiger partial charge on any atom is -0.343 e. The van der Waals surface area contributed by atoms with Crippen molar-refractivity contribution < 1.29 is 4.79 Å². The second-order valence-corrected chi connectivity index (χ2v) is 7.15. The van der Waals surface area contributed by atoms with Crippen LogP contribution >= 0.6 is 11.5 Å². The van der Waals surface area contributed by atoms with Gasteiger partial charge in [0.25, 0.3) is 5.91 Å². The predicted octanol–water partition coefficient (Wildman–Crippen LogP) is 3.19. The van der Waals surface area contributed by atoms with E-state index >= 15 is 0 Å². The quantitative estimate of drug-likeness (QED) is 0.855. The number of nitrogens with zero attached hydrogens (tertiary/aromatic N) is 4. The Labute approximate surface area is 147 Å². The van der Waals surface area contributed by atoms with E-state index in [1.165, 1.54) is 17.1 Å². The normalized spacial score (nSPS) is 15.2. The summed E-state index contributed by atoms with van der Waals surface area (Å²) in [5.74, 6) is 1.38. The van der Waals surface area contributed by atoms with E-state index in [1.54, 1.807) is 0 Å². The van der Waals surface area contributed by atoms with Gasteiger partial charge in [0.1, 0.15) is 5.82 Å². The van der Waals surface area contributed by atoms with Crippen LogP contribution < -0.4 is 4.90 Å². The number of benzene rings is 1. The monoisotopic (exact) mass is 344 g/mol. The van der Waals surface area contributed by atoms with Gasteiger partial charge in [0.05, 0.1) is 0 Å². The molecule has 6 heteroatoms. The fourth-order valence-electron chi connectivity index (χ4n) is 2.76. The Morgan fingerprint density at radius 2 is 1.83 bits per heavy atom. The van der Waals surface area contributed by atoms with Gasteiger partial charge in [-0.1, -0.05) is 32.9 Å². The lowest BCUT2D eigenvalue weighted by Gasteiger charge is -2.34. The second-order valence-electron chi connectivity index (χ2n) is 6.42. The zero-order valence-corrected chi connectivity index (χ0v) is 15.3. The van der Waals surface area contributed by atoms with Crippen LogP contribution in [0.3, 0.4) is 0 Å². The van der Waals surface area contributed by atoms with Gasteiger partial charge in [0.2, 0.25) is 5.13 Å². The van der Waals surface area contributed by atoms with Crippen molar-refractivity contribution in [2.75, 3.05) is 31.1 Å². The molecule has 2 heterocycles. The van der Waals surface area contributed by atoms with Gasteiger partial charge >= 0.3 is 0 Å². The number of aromatic nitrogens is 2. The summed E-state index contributed by atoms with van der Waals surface area (Å²) in [6.07, 6.45) is 0.993. The Morgan fingerprint density at radius 3 is 2.38 bits per heavy atom. The molecule has 1 saturated heterocycles. The highest BCUT2D eigenvalue weighted by molar-refractivity contribution is 7.09. The molecule has 5 nitrogen and oxygen atoms in total. The first-order valence-electron chi connectivity index (χ1n) is 8.55. The van der Waals surface area contributed by atoms with E-state index in [4.69, 9.17) is 0 Å². The molecular weight excluding hydrogens is 320 g/mol. The van der Waals surface area contributed by atoms with E-state index in [2.05, 4.69) is 35.0 Å². The average molecular weight is 344 g/mol. The van der Waals surface area contributed by atoms with Crippen molar-refractivity contribution in [3.63, 3.8) is 0 Å². The lowest BCUT2D eigenvalue weighted by atomic mass is 10.1. The molecule has 0 atom stereocenters. The lowest BCUT2D eigenvalue weighted by molar-refractivity contribution is 0.0747. The lowest BCUT2D eigenvalue weighted by Crippen LogP contribution is -2.48. The number of hydrogen-bond acceptors (Lipinski definition) is 5. The molecule has 0 bridgehead atoms. The fourth-order valence-corrected chi connectivity index (χ4v) is 3.62. The van der Waals surface area contributed by atoms with Crippen molar-refractivity contribution >= 4 is 22.6 Å². The number of carbonyl (C=O) groups is 1. The van der Waals surface area contributed by atoms with E-state index in [0.717, 1.165) is 49.1 Å². The molecule has 1 amide bonds. The first-order chi connectivity index (χ1) is 11.6. The molecule has 0 unspecified atom stereocenters. The third kappa shape index (κ3) is 3.59. The van der Waals surface area contributed by atoms with Crippen molar-refractivity contribution in [1.82, 2.24) is 14.3 Å². The molecule has 0 radical (unpaired) electrons. The van der Waals surface area contributed by atoms with Gasteiger partial charge in [-0.3, -0.25) is 4.79 Å². The molecular formula is C18H24N4OS. The summed E-state index contributed by atoms with van der Waals surface area (Å²) in [6.45, 7) is 9.40.